The number of pyridine rings is 1. The Bertz CT molecular complexity index is 1060. The second-order valence-electron chi connectivity index (χ2n) is 5.22. The highest BCUT2D eigenvalue weighted by molar-refractivity contribution is 7.98. The Hall–Kier alpha value is -2.38. The van der Waals surface area contributed by atoms with E-state index in [4.69, 9.17) is 0 Å². The number of thiophene rings is 1. The highest BCUT2D eigenvalue weighted by Gasteiger charge is 2.12. The summed E-state index contributed by atoms with van der Waals surface area (Å²) >= 11 is 2.95. The molecule has 4 aromatic rings. The van der Waals surface area contributed by atoms with Crippen molar-refractivity contribution in [3.05, 3.63) is 70.7 Å². The summed E-state index contributed by atoms with van der Waals surface area (Å²) in [5, 5.41) is 2.59. The Morgan fingerprint density at radius 3 is 3.04 bits per heavy atom. The molecule has 0 aliphatic heterocycles. The van der Waals surface area contributed by atoms with Crippen molar-refractivity contribution in [1.82, 2.24) is 18.9 Å². The van der Waals surface area contributed by atoms with Gasteiger partial charge in [0.15, 0.2) is 5.16 Å². The summed E-state index contributed by atoms with van der Waals surface area (Å²) in [4.78, 5) is 21.8. The van der Waals surface area contributed by atoms with Gasteiger partial charge in [-0.15, -0.1) is 17.9 Å². The fraction of sp³-hybridized carbons (Fsp3) is 0.118. The number of nitrogens with zero attached hydrogens (tertiary/aromatic N) is 4. The molecule has 0 amide bonds. The van der Waals surface area contributed by atoms with Crippen molar-refractivity contribution in [3.63, 3.8) is 0 Å². The maximum absolute atomic E-state index is 12.6. The minimum Gasteiger partial charge on any atom is -0.307 e. The molecule has 7 heteroatoms. The molecule has 4 heterocycles. The fourth-order valence-corrected chi connectivity index (χ4v) is 4.19. The number of imidazole rings is 1. The van der Waals surface area contributed by atoms with Crippen LogP contribution in [-0.2, 0) is 12.3 Å². The standard InChI is InChI=1S/C17H14N4OS2/c1-2-7-21-16(22)15-13(6-9-23-15)19-17(21)24-11-12-10-20-8-4-3-5-14(20)18-12/h2-6,8-10H,1,7,11H2. The molecule has 24 heavy (non-hydrogen) atoms. The number of hydrogen-bond acceptors (Lipinski definition) is 5. The van der Waals surface area contributed by atoms with Gasteiger partial charge in [-0.25, -0.2) is 9.97 Å². The molecule has 0 unspecified atom stereocenters. The molecule has 0 aromatic carbocycles. The van der Waals surface area contributed by atoms with Crippen molar-refractivity contribution in [2.45, 2.75) is 17.5 Å². The first-order valence-electron chi connectivity index (χ1n) is 7.40. The largest absolute Gasteiger partial charge is 0.307 e. The average Bonchev–Trinajstić information content (AvgIpc) is 3.22. The van der Waals surface area contributed by atoms with Crippen LogP contribution >= 0.6 is 23.1 Å². The predicted molar refractivity (Wildman–Crippen MR) is 98.8 cm³/mol. The van der Waals surface area contributed by atoms with Crippen LogP contribution in [0.4, 0.5) is 0 Å². The lowest BCUT2D eigenvalue weighted by molar-refractivity contribution is 0.672. The molecule has 0 bridgehead atoms. The van der Waals surface area contributed by atoms with Crippen LogP contribution in [0, 0.1) is 0 Å². The van der Waals surface area contributed by atoms with E-state index in [1.807, 2.05) is 46.4 Å². The second kappa shape index (κ2) is 6.26. The van der Waals surface area contributed by atoms with Gasteiger partial charge in [0.25, 0.3) is 5.56 Å². The fourth-order valence-electron chi connectivity index (χ4n) is 2.52. The zero-order valence-electron chi connectivity index (χ0n) is 12.8. The summed E-state index contributed by atoms with van der Waals surface area (Å²) in [5.41, 5.74) is 2.61. The Kier molecular flexibility index (Phi) is 3.95. The molecule has 0 spiro atoms. The number of fused-ring (bicyclic) bond motifs is 2. The smallest absolute Gasteiger partial charge is 0.272 e. The van der Waals surface area contributed by atoms with Gasteiger partial charge in [0.2, 0.25) is 0 Å². The quantitative estimate of drug-likeness (QED) is 0.312. The number of allylic oxidation sites excluding steroid dienone is 1. The van der Waals surface area contributed by atoms with Gasteiger partial charge in [0.1, 0.15) is 10.3 Å². The molecular formula is C17H14N4OS2. The predicted octanol–water partition coefficient (Wildman–Crippen LogP) is 3.58. The third kappa shape index (κ3) is 2.65. The molecule has 4 aromatic heterocycles. The van der Waals surface area contributed by atoms with E-state index in [0.29, 0.717) is 22.2 Å². The minimum atomic E-state index is -0.00704. The lowest BCUT2D eigenvalue weighted by Gasteiger charge is -2.09. The van der Waals surface area contributed by atoms with Crippen molar-refractivity contribution in [3.8, 4) is 0 Å². The first kappa shape index (κ1) is 15.2. The molecule has 0 aliphatic rings. The summed E-state index contributed by atoms with van der Waals surface area (Å²) in [6.45, 7) is 4.20. The Morgan fingerprint density at radius 2 is 2.21 bits per heavy atom. The van der Waals surface area contributed by atoms with Gasteiger partial charge in [-0.3, -0.25) is 9.36 Å². The van der Waals surface area contributed by atoms with Gasteiger partial charge in [-0.1, -0.05) is 23.9 Å². The van der Waals surface area contributed by atoms with Gasteiger partial charge < -0.3 is 4.40 Å². The van der Waals surface area contributed by atoms with Crippen LogP contribution in [0.5, 0.6) is 0 Å². The van der Waals surface area contributed by atoms with Crippen molar-refractivity contribution < 1.29 is 0 Å². The number of rotatable bonds is 5. The number of aromatic nitrogens is 4. The number of thioether (sulfide) groups is 1. The topological polar surface area (TPSA) is 52.2 Å². The molecule has 0 saturated heterocycles. The maximum atomic E-state index is 12.6. The Balaban J connectivity index is 1.69. The van der Waals surface area contributed by atoms with E-state index in [0.717, 1.165) is 16.9 Å². The van der Waals surface area contributed by atoms with Crippen molar-refractivity contribution in [2.75, 3.05) is 0 Å². The Labute approximate surface area is 146 Å². The summed E-state index contributed by atoms with van der Waals surface area (Å²) in [6.07, 6.45) is 5.69. The van der Waals surface area contributed by atoms with Gasteiger partial charge >= 0.3 is 0 Å². The van der Waals surface area contributed by atoms with Crippen LogP contribution < -0.4 is 5.56 Å². The highest BCUT2D eigenvalue weighted by Crippen LogP contribution is 2.23. The van der Waals surface area contributed by atoms with Gasteiger partial charge in [0.05, 0.1) is 11.2 Å². The summed E-state index contributed by atoms with van der Waals surface area (Å²) in [5.74, 6) is 0.654. The molecule has 0 radical (unpaired) electrons. The van der Waals surface area contributed by atoms with Crippen LogP contribution in [0.3, 0.4) is 0 Å². The second-order valence-corrected chi connectivity index (χ2v) is 7.08. The maximum Gasteiger partial charge on any atom is 0.272 e. The third-order valence-corrected chi connectivity index (χ3v) is 5.51. The molecule has 5 nitrogen and oxygen atoms in total. The van der Waals surface area contributed by atoms with Crippen LogP contribution in [-0.4, -0.2) is 18.9 Å². The monoisotopic (exact) mass is 354 g/mol. The lowest BCUT2D eigenvalue weighted by atomic mass is 10.4. The van der Waals surface area contributed by atoms with Gasteiger partial charge in [-0.05, 0) is 23.6 Å². The Morgan fingerprint density at radius 1 is 1.29 bits per heavy atom. The van der Waals surface area contributed by atoms with E-state index in [2.05, 4.69) is 16.5 Å². The van der Waals surface area contributed by atoms with E-state index in [1.165, 1.54) is 23.1 Å². The molecule has 120 valence electrons. The van der Waals surface area contributed by atoms with Crippen molar-refractivity contribution in [1.29, 1.82) is 0 Å². The van der Waals surface area contributed by atoms with E-state index in [1.54, 1.807) is 10.6 Å². The summed E-state index contributed by atoms with van der Waals surface area (Å²) < 4.78 is 4.35. The van der Waals surface area contributed by atoms with Crippen molar-refractivity contribution in [2.24, 2.45) is 0 Å². The van der Waals surface area contributed by atoms with E-state index >= 15 is 0 Å². The molecule has 0 saturated carbocycles. The molecule has 0 aliphatic carbocycles. The first-order valence-corrected chi connectivity index (χ1v) is 9.27. The zero-order valence-corrected chi connectivity index (χ0v) is 14.4. The van der Waals surface area contributed by atoms with Crippen molar-refractivity contribution >= 4 is 39.0 Å². The van der Waals surface area contributed by atoms with Gasteiger partial charge in [0, 0.05) is 24.7 Å². The summed E-state index contributed by atoms with van der Waals surface area (Å²) in [6, 6.07) is 7.79. The first-order chi connectivity index (χ1) is 11.8. The molecule has 0 N–H and O–H groups in total. The molecule has 4 rings (SSSR count). The molecular weight excluding hydrogens is 340 g/mol. The lowest BCUT2D eigenvalue weighted by Crippen LogP contribution is -2.21. The van der Waals surface area contributed by atoms with Crippen LogP contribution in [0.2, 0.25) is 0 Å². The van der Waals surface area contributed by atoms with E-state index < -0.39 is 0 Å². The SMILES string of the molecule is C=CCn1c(SCc2cn3ccccc3n2)nc2ccsc2c1=O. The van der Waals surface area contributed by atoms with Crippen LogP contribution in [0.1, 0.15) is 5.69 Å². The highest BCUT2D eigenvalue weighted by atomic mass is 32.2. The van der Waals surface area contributed by atoms with E-state index in [9.17, 15) is 4.79 Å². The minimum absolute atomic E-state index is 0.00704. The zero-order chi connectivity index (χ0) is 16.5. The molecule has 0 atom stereocenters. The number of hydrogen-bond donors (Lipinski definition) is 0. The van der Waals surface area contributed by atoms with E-state index in [-0.39, 0.29) is 5.56 Å². The third-order valence-electron chi connectivity index (χ3n) is 3.61. The summed E-state index contributed by atoms with van der Waals surface area (Å²) in [7, 11) is 0. The normalized spacial score (nSPS) is 11.3. The van der Waals surface area contributed by atoms with Crippen LogP contribution in [0.25, 0.3) is 15.9 Å². The molecule has 0 fully saturated rings. The van der Waals surface area contributed by atoms with Crippen LogP contribution in [0.15, 0.2) is 64.6 Å². The van der Waals surface area contributed by atoms with Gasteiger partial charge in [-0.2, -0.15) is 0 Å². The average molecular weight is 354 g/mol.